The van der Waals surface area contributed by atoms with Crippen molar-refractivity contribution in [3.63, 3.8) is 0 Å². The molecule has 4 heteroatoms. The van der Waals surface area contributed by atoms with Gasteiger partial charge in [-0.05, 0) is 25.0 Å². The smallest absolute Gasteiger partial charge is 0.148 e. The topological polar surface area (TPSA) is 39.9 Å². The standard InChI is InChI=1S/C12H16ClN3/c1-4-16(8-9(2)3)12-11(13)6-5-10(7-14)15-12/h5-6,9H,4,8H2,1-3H3. The lowest BCUT2D eigenvalue weighted by Crippen LogP contribution is -2.28. The summed E-state index contributed by atoms with van der Waals surface area (Å²) in [7, 11) is 0. The van der Waals surface area contributed by atoms with E-state index in [4.69, 9.17) is 16.9 Å². The van der Waals surface area contributed by atoms with Crippen molar-refractivity contribution < 1.29 is 0 Å². The zero-order valence-electron chi connectivity index (χ0n) is 9.87. The molecule has 0 aromatic carbocycles. The quantitative estimate of drug-likeness (QED) is 0.808. The molecule has 0 atom stereocenters. The first-order chi connectivity index (χ1) is 7.58. The van der Waals surface area contributed by atoms with Crippen LogP contribution in [0.4, 0.5) is 5.82 Å². The molecule has 0 amide bonds. The van der Waals surface area contributed by atoms with Crippen molar-refractivity contribution in [3.8, 4) is 6.07 Å². The number of hydrogen-bond acceptors (Lipinski definition) is 3. The van der Waals surface area contributed by atoms with E-state index in [0.717, 1.165) is 13.1 Å². The van der Waals surface area contributed by atoms with Gasteiger partial charge < -0.3 is 4.90 Å². The van der Waals surface area contributed by atoms with Crippen LogP contribution in [0.15, 0.2) is 12.1 Å². The van der Waals surface area contributed by atoms with Gasteiger partial charge >= 0.3 is 0 Å². The molecule has 1 heterocycles. The Hall–Kier alpha value is -1.27. The van der Waals surface area contributed by atoms with Gasteiger partial charge in [-0.2, -0.15) is 5.26 Å². The van der Waals surface area contributed by atoms with Crippen LogP contribution in [0, 0.1) is 17.2 Å². The predicted octanol–water partition coefficient (Wildman–Crippen LogP) is 3.09. The largest absolute Gasteiger partial charge is 0.355 e. The second kappa shape index (κ2) is 5.72. The predicted molar refractivity (Wildman–Crippen MR) is 66.7 cm³/mol. The fraction of sp³-hybridized carbons (Fsp3) is 0.500. The summed E-state index contributed by atoms with van der Waals surface area (Å²) < 4.78 is 0. The summed E-state index contributed by atoms with van der Waals surface area (Å²) in [6.45, 7) is 8.06. The molecule has 86 valence electrons. The van der Waals surface area contributed by atoms with E-state index in [1.807, 2.05) is 6.07 Å². The van der Waals surface area contributed by atoms with Gasteiger partial charge in [-0.1, -0.05) is 25.4 Å². The molecule has 0 unspecified atom stereocenters. The average Bonchev–Trinajstić information content (AvgIpc) is 2.26. The van der Waals surface area contributed by atoms with Crippen LogP contribution in [-0.2, 0) is 0 Å². The van der Waals surface area contributed by atoms with Gasteiger partial charge in [0.15, 0.2) is 0 Å². The SMILES string of the molecule is CCN(CC(C)C)c1nc(C#N)ccc1Cl. The third-order valence-corrected chi connectivity index (χ3v) is 2.50. The highest BCUT2D eigenvalue weighted by Crippen LogP contribution is 2.24. The molecular formula is C12H16ClN3. The van der Waals surface area contributed by atoms with Crippen molar-refractivity contribution >= 4 is 17.4 Å². The second-order valence-corrected chi connectivity index (χ2v) is 4.45. The molecule has 0 N–H and O–H groups in total. The number of anilines is 1. The Morgan fingerprint density at radius 3 is 2.69 bits per heavy atom. The number of nitrogens with zero attached hydrogens (tertiary/aromatic N) is 3. The lowest BCUT2D eigenvalue weighted by molar-refractivity contribution is 0.614. The average molecular weight is 238 g/mol. The lowest BCUT2D eigenvalue weighted by atomic mass is 10.2. The number of hydrogen-bond donors (Lipinski definition) is 0. The Bertz CT molecular complexity index is 396. The van der Waals surface area contributed by atoms with E-state index in [2.05, 4.69) is 30.7 Å². The third-order valence-electron chi connectivity index (χ3n) is 2.21. The highest BCUT2D eigenvalue weighted by Gasteiger charge is 2.12. The first kappa shape index (κ1) is 12.8. The summed E-state index contributed by atoms with van der Waals surface area (Å²) in [6.07, 6.45) is 0. The fourth-order valence-corrected chi connectivity index (χ4v) is 1.75. The van der Waals surface area contributed by atoms with Gasteiger partial charge in [0.25, 0.3) is 0 Å². The van der Waals surface area contributed by atoms with E-state index in [9.17, 15) is 0 Å². The number of nitriles is 1. The van der Waals surface area contributed by atoms with E-state index in [-0.39, 0.29) is 0 Å². The molecule has 1 rings (SSSR count). The zero-order valence-corrected chi connectivity index (χ0v) is 10.6. The lowest BCUT2D eigenvalue weighted by Gasteiger charge is -2.24. The number of aromatic nitrogens is 1. The Labute approximate surface area is 102 Å². The molecule has 0 spiro atoms. The minimum Gasteiger partial charge on any atom is -0.355 e. The second-order valence-electron chi connectivity index (χ2n) is 4.05. The van der Waals surface area contributed by atoms with Crippen molar-refractivity contribution in [3.05, 3.63) is 22.8 Å². The van der Waals surface area contributed by atoms with Crippen LogP contribution in [-0.4, -0.2) is 18.1 Å². The number of halogens is 1. The maximum atomic E-state index is 8.82. The Morgan fingerprint density at radius 2 is 2.19 bits per heavy atom. The van der Waals surface area contributed by atoms with Gasteiger partial charge in [0, 0.05) is 13.1 Å². The van der Waals surface area contributed by atoms with Gasteiger partial charge in [0.1, 0.15) is 17.6 Å². The molecule has 1 aromatic rings. The first-order valence-electron chi connectivity index (χ1n) is 5.40. The molecule has 0 aliphatic heterocycles. The van der Waals surface area contributed by atoms with Crippen LogP contribution < -0.4 is 4.90 Å². The van der Waals surface area contributed by atoms with Crippen LogP contribution in [0.2, 0.25) is 5.02 Å². The van der Waals surface area contributed by atoms with E-state index < -0.39 is 0 Å². The molecule has 0 bridgehead atoms. The molecule has 0 saturated carbocycles. The van der Waals surface area contributed by atoms with Gasteiger partial charge in [-0.15, -0.1) is 0 Å². The van der Waals surface area contributed by atoms with Crippen molar-refractivity contribution in [2.45, 2.75) is 20.8 Å². The summed E-state index contributed by atoms with van der Waals surface area (Å²) >= 11 is 6.10. The van der Waals surface area contributed by atoms with Crippen LogP contribution in [0.1, 0.15) is 26.5 Å². The Morgan fingerprint density at radius 1 is 1.50 bits per heavy atom. The summed E-state index contributed by atoms with van der Waals surface area (Å²) in [5.41, 5.74) is 0.404. The van der Waals surface area contributed by atoms with Gasteiger partial charge in [-0.3, -0.25) is 0 Å². The minimum atomic E-state index is 0.404. The van der Waals surface area contributed by atoms with Crippen molar-refractivity contribution in [2.75, 3.05) is 18.0 Å². The highest BCUT2D eigenvalue weighted by molar-refractivity contribution is 6.32. The normalized spacial score (nSPS) is 10.2. The maximum Gasteiger partial charge on any atom is 0.148 e. The summed E-state index contributed by atoms with van der Waals surface area (Å²) in [4.78, 5) is 6.34. The van der Waals surface area contributed by atoms with Crippen molar-refractivity contribution in [1.29, 1.82) is 5.26 Å². The monoisotopic (exact) mass is 237 g/mol. The zero-order chi connectivity index (χ0) is 12.1. The number of rotatable bonds is 4. The minimum absolute atomic E-state index is 0.404. The van der Waals surface area contributed by atoms with Gasteiger partial charge in [-0.25, -0.2) is 4.98 Å². The molecule has 0 aliphatic rings. The van der Waals surface area contributed by atoms with E-state index in [1.165, 1.54) is 0 Å². The fourth-order valence-electron chi connectivity index (χ4n) is 1.52. The summed E-state index contributed by atoms with van der Waals surface area (Å²) in [6, 6.07) is 5.39. The molecule has 16 heavy (non-hydrogen) atoms. The highest BCUT2D eigenvalue weighted by atomic mass is 35.5. The number of pyridine rings is 1. The maximum absolute atomic E-state index is 8.82. The van der Waals surface area contributed by atoms with Crippen LogP contribution in [0.25, 0.3) is 0 Å². The first-order valence-corrected chi connectivity index (χ1v) is 5.77. The molecule has 3 nitrogen and oxygen atoms in total. The Kier molecular flexibility index (Phi) is 4.57. The van der Waals surface area contributed by atoms with E-state index in [0.29, 0.717) is 22.5 Å². The van der Waals surface area contributed by atoms with E-state index >= 15 is 0 Å². The summed E-state index contributed by atoms with van der Waals surface area (Å²) in [5, 5.41) is 9.41. The van der Waals surface area contributed by atoms with Crippen molar-refractivity contribution in [1.82, 2.24) is 4.98 Å². The van der Waals surface area contributed by atoms with Crippen LogP contribution in [0.5, 0.6) is 0 Å². The molecule has 0 radical (unpaired) electrons. The third kappa shape index (κ3) is 3.11. The van der Waals surface area contributed by atoms with Crippen LogP contribution in [0.3, 0.4) is 0 Å². The Balaban J connectivity index is 3.04. The van der Waals surface area contributed by atoms with Gasteiger partial charge in [0.05, 0.1) is 5.02 Å². The molecule has 1 aromatic heterocycles. The molecular weight excluding hydrogens is 222 g/mol. The van der Waals surface area contributed by atoms with Crippen LogP contribution >= 0.6 is 11.6 Å². The van der Waals surface area contributed by atoms with Gasteiger partial charge in [0.2, 0.25) is 0 Å². The van der Waals surface area contributed by atoms with Crippen molar-refractivity contribution in [2.24, 2.45) is 5.92 Å². The van der Waals surface area contributed by atoms with E-state index in [1.54, 1.807) is 12.1 Å². The molecule has 0 fully saturated rings. The molecule has 0 saturated heterocycles. The molecule has 0 aliphatic carbocycles. The summed E-state index contributed by atoms with van der Waals surface area (Å²) in [5.74, 6) is 1.24.